The Kier molecular flexibility index (Phi) is 6.43. The van der Waals surface area contributed by atoms with Crippen LogP contribution in [0.5, 0.6) is 0 Å². The van der Waals surface area contributed by atoms with Crippen molar-refractivity contribution < 1.29 is 28.6 Å². The van der Waals surface area contributed by atoms with E-state index in [2.05, 4.69) is 19.9 Å². The molecule has 0 aliphatic heterocycles. The number of carbonyl (C=O) groups excluding carboxylic acids is 3. The Morgan fingerprint density at radius 1 is 0.970 bits per heavy atom. The van der Waals surface area contributed by atoms with E-state index in [9.17, 15) is 14.4 Å². The van der Waals surface area contributed by atoms with Crippen molar-refractivity contribution in [3.05, 3.63) is 11.6 Å². The van der Waals surface area contributed by atoms with Crippen LogP contribution in [0.15, 0.2) is 11.6 Å². The van der Waals surface area contributed by atoms with Crippen molar-refractivity contribution in [1.82, 2.24) is 0 Å². The summed E-state index contributed by atoms with van der Waals surface area (Å²) in [5.74, 6) is 0.790. The number of esters is 3. The molecule has 0 aromatic rings. The van der Waals surface area contributed by atoms with E-state index in [0.29, 0.717) is 17.8 Å². The molecule has 9 atom stereocenters. The summed E-state index contributed by atoms with van der Waals surface area (Å²) in [5, 5.41) is 0. The lowest BCUT2D eigenvalue weighted by atomic mass is 9.47. The van der Waals surface area contributed by atoms with E-state index < -0.39 is 0 Å². The van der Waals surface area contributed by atoms with Gasteiger partial charge in [-0.2, -0.15) is 0 Å². The molecule has 3 saturated carbocycles. The fraction of sp³-hybridized carbons (Fsp3) is 0.815. The lowest BCUT2D eigenvalue weighted by Crippen LogP contribution is -2.52. The molecule has 0 spiro atoms. The van der Waals surface area contributed by atoms with Gasteiger partial charge in [-0.15, -0.1) is 0 Å². The molecule has 0 radical (unpaired) electrons. The minimum absolute atomic E-state index is 0.000943. The van der Waals surface area contributed by atoms with Gasteiger partial charge in [-0.3, -0.25) is 14.4 Å². The number of fused-ring (bicyclic) bond motifs is 5. The van der Waals surface area contributed by atoms with Crippen LogP contribution in [0.4, 0.5) is 0 Å². The predicted octanol–water partition coefficient (Wildman–Crippen LogP) is 4.99. The van der Waals surface area contributed by atoms with E-state index in [-0.39, 0.29) is 53.0 Å². The van der Waals surface area contributed by atoms with Crippen LogP contribution in [-0.2, 0) is 28.6 Å². The van der Waals surface area contributed by atoms with E-state index in [1.807, 2.05) is 6.92 Å². The Morgan fingerprint density at radius 3 is 2.30 bits per heavy atom. The molecule has 3 fully saturated rings. The van der Waals surface area contributed by atoms with E-state index in [0.717, 1.165) is 44.9 Å². The van der Waals surface area contributed by atoms with Crippen LogP contribution >= 0.6 is 0 Å². The number of hydrogen-bond donors (Lipinski definition) is 0. The monoisotopic (exact) mass is 460 g/mol. The van der Waals surface area contributed by atoms with Crippen LogP contribution < -0.4 is 0 Å². The molecular weight excluding hydrogens is 420 g/mol. The Bertz CT molecular complexity index is 848. The van der Waals surface area contributed by atoms with Gasteiger partial charge in [0.2, 0.25) is 0 Å². The molecule has 6 heteroatoms. The Balaban J connectivity index is 1.61. The molecular formula is C27H40O6. The summed E-state index contributed by atoms with van der Waals surface area (Å²) in [6.45, 7) is 11.1. The molecule has 0 N–H and O–H groups in total. The zero-order valence-corrected chi connectivity index (χ0v) is 21.0. The quantitative estimate of drug-likeness (QED) is 0.334. The second-order valence-electron chi connectivity index (χ2n) is 11.5. The minimum Gasteiger partial charge on any atom is -0.462 e. The highest BCUT2D eigenvalue weighted by molar-refractivity contribution is 5.67. The average molecular weight is 461 g/mol. The van der Waals surface area contributed by atoms with Crippen molar-refractivity contribution in [2.75, 3.05) is 0 Å². The number of rotatable bonds is 4. The van der Waals surface area contributed by atoms with Crippen LogP contribution in [-0.4, -0.2) is 36.2 Å². The summed E-state index contributed by atoms with van der Waals surface area (Å²) in [7, 11) is 0. The molecule has 6 nitrogen and oxygen atoms in total. The molecule has 0 unspecified atom stereocenters. The van der Waals surface area contributed by atoms with Gasteiger partial charge in [-0.05, 0) is 74.0 Å². The second kappa shape index (κ2) is 8.74. The first-order valence-electron chi connectivity index (χ1n) is 12.7. The molecule has 4 aliphatic carbocycles. The molecule has 33 heavy (non-hydrogen) atoms. The van der Waals surface area contributed by atoms with Crippen LogP contribution in [0.3, 0.4) is 0 Å². The third-order valence-electron chi connectivity index (χ3n) is 9.65. The summed E-state index contributed by atoms with van der Waals surface area (Å²) >= 11 is 0. The fourth-order valence-corrected chi connectivity index (χ4v) is 8.50. The maximum atomic E-state index is 12.0. The van der Waals surface area contributed by atoms with Crippen LogP contribution in [0.2, 0.25) is 0 Å². The zero-order valence-electron chi connectivity index (χ0n) is 21.0. The molecule has 0 saturated heterocycles. The molecule has 0 bridgehead atoms. The van der Waals surface area contributed by atoms with Crippen molar-refractivity contribution in [2.45, 2.75) is 105 Å². The molecule has 0 aromatic carbocycles. The fourth-order valence-electron chi connectivity index (χ4n) is 8.50. The molecule has 0 amide bonds. The number of carbonyl (C=O) groups is 3. The van der Waals surface area contributed by atoms with Crippen LogP contribution in [0.25, 0.3) is 0 Å². The largest absolute Gasteiger partial charge is 0.462 e. The standard InChI is InChI=1S/C27H40O6/c1-15(31-16(2)28)25-24(33-18(4)30)14-23-21-8-7-19-13-20(32-17(3)29)9-11-26(19,5)22(21)10-12-27(23,25)6/h7,15,20-25H,8-14H2,1-6H3/t15-,20+,21-,22+,23+,24-,25+,26+,27+/m1/s1. The molecule has 4 rings (SSSR count). The summed E-state index contributed by atoms with van der Waals surface area (Å²) < 4.78 is 17.1. The smallest absolute Gasteiger partial charge is 0.302 e. The van der Waals surface area contributed by atoms with Gasteiger partial charge in [0.25, 0.3) is 0 Å². The molecule has 4 aliphatic rings. The highest BCUT2D eigenvalue weighted by Crippen LogP contribution is 2.67. The topological polar surface area (TPSA) is 78.9 Å². The number of hydrogen-bond acceptors (Lipinski definition) is 6. The number of allylic oxidation sites excluding steroid dienone is 1. The third-order valence-corrected chi connectivity index (χ3v) is 9.65. The van der Waals surface area contributed by atoms with Gasteiger partial charge >= 0.3 is 17.9 Å². The second-order valence-corrected chi connectivity index (χ2v) is 11.5. The van der Waals surface area contributed by atoms with Crippen LogP contribution in [0.1, 0.15) is 86.5 Å². The first kappa shape index (κ1) is 24.3. The van der Waals surface area contributed by atoms with E-state index in [4.69, 9.17) is 14.2 Å². The lowest BCUT2D eigenvalue weighted by molar-refractivity contribution is -0.162. The van der Waals surface area contributed by atoms with E-state index >= 15 is 0 Å². The Morgan fingerprint density at radius 2 is 1.67 bits per heavy atom. The molecule has 0 aromatic heterocycles. The van der Waals surface area contributed by atoms with Crippen molar-refractivity contribution in [3.63, 3.8) is 0 Å². The van der Waals surface area contributed by atoms with Gasteiger partial charge in [-0.25, -0.2) is 0 Å². The average Bonchev–Trinajstić information content (AvgIpc) is 2.98. The van der Waals surface area contributed by atoms with Gasteiger partial charge in [0.1, 0.15) is 18.3 Å². The Hall–Kier alpha value is -1.85. The maximum absolute atomic E-state index is 12.0. The normalized spacial score (nSPS) is 42.7. The summed E-state index contributed by atoms with van der Waals surface area (Å²) in [4.78, 5) is 35.2. The predicted molar refractivity (Wildman–Crippen MR) is 123 cm³/mol. The highest BCUT2D eigenvalue weighted by Gasteiger charge is 2.63. The molecule has 0 heterocycles. The van der Waals surface area contributed by atoms with E-state index in [1.165, 1.54) is 26.3 Å². The van der Waals surface area contributed by atoms with Gasteiger partial charge in [-0.1, -0.05) is 25.5 Å². The highest BCUT2D eigenvalue weighted by atomic mass is 16.6. The Labute approximate surface area is 197 Å². The first-order valence-corrected chi connectivity index (χ1v) is 12.7. The van der Waals surface area contributed by atoms with Crippen molar-refractivity contribution in [1.29, 1.82) is 0 Å². The summed E-state index contributed by atoms with van der Waals surface area (Å²) in [6, 6.07) is 0. The lowest BCUT2D eigenvalue weighted by Gasteiger charge is -2.58. The van der Waals surface area contributed by atoms with Gasteiger partial charge in [0, 0.05) is 33.1 Å². The van der Waals surface area contributed by atoms with Crippen molar-refractivity contribution in [2.24, 2.45) is 34.5 Å². The zero-order chi connectivity index (χ0) is 24.1. The first-order chi connectivity index (χ1) is 15.5. The summed E-state index contributed by atoms with van der Waals surface area (Å²) in [6.07, 6.45) is 8.75. The van der Waals surface area contributed by atoms with Gasteiger partial charge in [0.05, 0.1) is 0 Å². The number of ether oxygens (including phenoxy) is 3. The van der Waals surface area contributed by atoms with E-state index in [1.54, 1.807) is 0 Å². The van der Waals surface area contributed by atoms with Crippen molar-refractivity contribution >= 4 is 17.9 Å². The van der Waals surface area contributed by atoms with Gasteiger partial charge in [0.15, 0.2) is 0 Å². The molecule has 184 valence electrons. The van der Waals surface area contributed by atoms with Gasteiger partial charge < -0.3 is 14.2 Å². The minimum atomic E-state index is -0.289. The van der Waals surface area contributed by atoms with Crippen LogP contribution in [0, 0.1) is 34.5 Å². The SMILES string of the molecule is CC(=O)O[C@H]1CC[C@@]2(C)C(=CC[C@H]3[C@@H]4C[C@@H](OC(C)=O)[C@H]([C@@H](C)OC(C)=O)[C@@]4(C)CC[C@@H]32)C1. The maximum Gasteiger partial charge on any atom is 0.302 e. The third kappa shape index (κ3) is 4.23. The summed E-state index contributed by atoms with van der Waals surface area (Å²) in [5.41, 5.74) is 1.56. The van der Waals surface area contributed by atoms with Crippen molar-refractivity contribution in [3.8, 4) is 0 Å².